The van der Waals surface area contributed by atoms with Crippen molar-refractivity contribution in [2.24, 2.45) is 0 Å². The molecule has 2 rings (SSSR count). The molecule has 106 valence electrons. The Morgan fingerprint density at radius 1 is 1.15 bits per heavy atom. The molecule has 0 fully saturated rings. The SMILES string of the molecule is COc1ccc(NS(=O)(=O)CCc2ccccc2)cn1. The lowest BCUT2D eigenvalue weighted by atomic mass is 10.2. The molecule has 0 aliphatic carbocycles. The molecular formula is C14H16N2O3S. The van der Waals surface area contributed by atoms with Crippen molar-refractivity contribution in [2.75, 3.05) is 17.6 Å². The monoisotopic (exact) mass is 292 g/mol. The summed E-state index contributed by atoms with van der Waals surface area (Å²) < 4.78 is 31.3. The summed E-state index contributed by atoms with van der Waals surface area (Å²) in [6.07, 6.45) is 1.90. The molecule has 0 aliphatic heterocycles. The molecule has 0 radical (unpaired) electrons. The van der Waals surface area contributed by atoms with E-state index in [1.54, 1.807) is 12.1 Å². The third-order valence-electron chi connectivity index (χ3n) is 2.72. The quantitative estimate of drug-likeness (QED) is 0.885. The van der Waals surface area contributed by atoms with Crippen LogP contribution in [0.5, 0.6) is 5.88 Å². The van der Waals surface area contributed by atoms with Crippen LogP contribution in [0.1, 0.15) is 5.56 Å². The summed E-state index contributed by atoms with van der Waals surface area (Å²) in [7, 11) is -1.88. The normalized spacial score (nSPS) is 11.1. The van der Waals surface area contributed by atoms with Crippen LogP contribution in [0.15, 0.2) is 48.7 Å². The third kappa shape index (κ3) is 4.24. The van der Waals surface area contributed by atoms with Gasteiger partial charge in [0.05, 0.1) is 24.7 Å². The first-order valence-corrected chi connectivity index (χ1v) is 7.79. The Morgan fingerprint density at radius 3 is 2.50 bits per heavy atom. The van der Waals surface area contributed by atoms with Crippen molar-refractivity contribution >= 4 is 15.7 Å². The maximum atomic E-state index is 12.0. The summed E-state index contributed by atoms with van der Waals surface area (Å²) >= 11 is 0. The van der Waals surface area contributed by atoms with E-state index in [1.165, 1.54) is 13.3 Å². The van der Waals surface area contributed by atoms with E-state index < -0.39 is 10.0 Å². The van der Waals surface area contributed by atoms with Gasteiger partial charge in [0.2, 0.25) is 15.9 Å². The first kappa shape index (κ1) is 14.3. The second kappa shape index (κ2) is 6.38. The van der Waals surface area contributed by atoms with Crippen molar-refractivity contribution in [1.82, 2.24) is 4.98 Å². The first-order chi connectivity index (χ1) is 9.59. The van der Waals surface area contributed by atoms with Crippen LogP contribution in [0, 0.1) is 0 Å². The molecule has 5 nitrogen and oxygen atoms in total. The van der Waals surface area contributed by atoms with Crippen LogP contribution in [-0.2, 0) is 16.4 Å². The molecule has 0 saturated carbocycles. The molecule has 1 aromatic heterocycles. The molecule has 2 aromatic rings. The largest absolute Gasteiger partial charge is 0.481 e. The standard InChI is InChI=1S/C14H16N2O3S/c1-19-14-8-7-13(11-15-14)16-20(17,18)10-9-12-5-3-2-4-6-12/h2-8,11,16H,9-10H2,1H3. The summed E-state index contributed by atoms with van der Waals surface area (Å²) in [6, 6.07) is 12.7. The van der Waals surface area contributed by atoms with E-state index in [1.807, 2.05) is 30.3 Å². The fourth-order valence-electron chi connectivity index (χ4n) is 1.69. The lowest BCUT2D eigenvalue weighted by Gasteiger charge is -2.08. The average molecular weight is 292 g/mol. The Labute approximate surface area is 118 Å². The lowest BCUT2D eigenvalue weighted by Crippen LogP contribution is -2.18. The van der Waals surface area contributed by atoms with Crippen LogP contribution in [0.4, 0.5) is 5.69 Å². The molecule has 0 atom stereocenters. The van der Waals surface area contributed by atoms with Gasteiger partial charge in [-0.25, -0.2) is 13.4 Å². The van der Waals surface area contributed by atoms with Crippen LogP contribution >= 0.6 is 0 Å². The van der Waals surface area contributed by atoms with Gasteiger partial charge in [-0.1, -0.05) is 30.3 Å². The van der Waals surface area contributed by atoms with Gasteiger partial charge in [0.15, 0.2) is 0 Å². The van der Waals surface area contributed by atoms with Gasteiger partial charge in [0, 0.05) is 6.07 Å². The molecule has 1 aromatic carbocycles. The summed E-state index contributed by atoms with van der Waals surface area (Å²) in [6.45, 7) is 0. The number of sulfonamides is 1. The summed E-state index contributed by atoms with van der Waals surface area (Å²) in [5, 5.41) is 0. The van der Waals surface area contributed by atoms with Crippen LogP contribution in [0.2, 0.25) is 0 Å². The van der Waals surface area contributed by atoms with Crippen LogP contribution in [0.3, 0.4) is 0 Å². The predicted octanol–water partition coefficient (Wildman–Crippen LogP) is 2.07. The van der Waals surface area contributed by atoms with Gasteiger partial charge < -0.3 is 4.74 Å². The van der Waals surface area contributed by atoms with E-state index >= 15 is 0 Å². The topological polar surface area (TPSA) is 68.3 Å². The lowest BCUT2D eigenvalue weighted by molar-refractivity contribution is 0.398. The number of aryl methyl sites for hydroxylation is 1. The Morgan fingerprint density at radius 2 is 1.90 bits per heavy atom. The number of rotatable bonds is 6. The number of anilines is 1. The highest BCUT2D eigenvalue weighted by molar-refractivity contribution is 7.92. The molecule has 1 N–H and O–H groups in total. The molecule has 1 heterocycles. The molecule has 0 aliphatic rings. The van der Waals surface area contributed by atoms with Crippen LogP contribution < -0.4 is 9.46 Å². The zero-order valence-electron chi connectivity index (χ0n) is 11.1. The smallest absolute Gasteiger partial charge is 0.233 e. The number of pyridine rings is 1. The highest BCUT2D eigenvalue weighted by Gasteiger charge is 2.11. The minimum atomic E-state index is -3.38. The zero-order chi connectivity index (χ0) is 14.4. The van der Waals surface area contributed by atoms with Gasteiger partial charge in [0.1, 0.15) is 0 Å². The molecule has 6 heteroatoms. The molecule has 0 spiro atoms. The fraction of sp³-hybridized carbons (Fsp3) is 0.214. The second-order valence-corrected chi connectivity index (χ2v) is 6.09. The number of nitrogens with zero attached hydrogens (tertiary/aromatic N) is 1. The van der Waals surface area contributed by atoms with Crippen molar-refractivity contribution in [3.8, 4) is 5.88 Å². The maximum absolute atomic E-state index is 12.0. The summed E-state index contributed by atoms with van der Waals surface area (Å²) in [4.78, 5) is 3.95. The number of hydrogen-bond donors (Lipinski definition) is 1. The number of ether oxygens (including phenoxy) is 1. The van der Waals surface area contributed by atoms with Gasteiger partial charge >= 0.3 is 0 Å². The minimum Gasteiger partial charge on any atom is -0.481 e. The van der Waals surface area contributed by atoms with Crippen molar-refractivity contribution in [3.05, 3.63) is 54.2 Å². The van der Waals surface area contributed by atoms with Gasteiger partial charge in [-0.05, 0) is 18.1 Å². The van der Waals surface area contributed by atoms with E-state index in [0.29, 0.717) is 18.0 Å². The summed E-state index contributed by atoms with van der Waals surface area (Å²) in [5.74, 6) is 0.473. The van der Waals surface area contributed by atoms with E-state index in [0.717, 1.165) is 5.56 Å². The molecule has 0 saturated heterocycles. The van der Waals surface area contributed by atoms with Gasteiger partial charge in [-0.15, -0.1) is 0 Å². The zero-order valence-corrected chi connectivity index (χ0v) is 11.9. The number of methoxy groups -OCH3 is 1. The molecule has 20 heavy (non-hydrogen) atoms. The molecular weight excluding hydrogens is 276 g/mol. The van der Waals surface area contributed by atoms with Crippen molar-refractivity contribution < 1.29 is 13.2 Å². The Balaban J connectivity index is 1.96. The number of hydrogen-bond acceptors (Lipinski definition) is 4. The highest BCUT2D eigenvalue weighted by Crippen LogP contribution is 2.13. The first-order valence-electron chi connectivity index (χ1n) is 6.13. The predicted molar refractivity (Wildman–Crippen MR) is 78.3 cm³/mol. The van der Waals surface area contributed by atoms with Gasteiger partial charge in [0.25, 0.3) is 0 Å². The van der Waals surface area contributed by atoms with E-state index in [-0.39, 0.29) is 5.75 Å². The van der Waals surface area contributed by atoms with Gasteiger partial charge in [-0.2, -0.15) is 0 Å². The number of benzene rings is 1. The van der Waals surface area contributed by atoms with Crippen molar-refractivity contribution in [2.45, 2.75) is 6.42 Å². The Hall–Kier alpha value is -2.08. The fourth-order valence-corrected chi connectivity index (χ4v) is 2.78. The van der Waals surface area contributed by atoms with Gasteiger partial charge in [-0.3, -0.25) is 4.72 Å². The molecule has 0 bridgehead atoms. The highest BCUT2D eigenvalue weighted by atomic mass is 32.2. The van der Waals surface area contributed by atoms with Crippen molar-refractivity contribution in [3.63, 3.8) is 0 Å². The Kier molecular flexibility index (Phi) is 4.57. The Bertz CT molecular complexity index is 640. The number of aromatic nitrogens is 1. The summed E-state index contributed by atoms with van der Waals surface area (Å²) in [5.41, 5.74) is 1.42. The van der Waals surface area contributed by atoms with Crippen LogP contribution in [-0.4, -0.2) is 26.3 Å². The minimum absolute atomic E-state index is 0.0308. The third-order valence-corrected chi connectivity index (χ3v) is 4.01. The average Bonchev–Trinajstić information content (AvgIpc) is 2.47. The second-order valence-electron chi connectivity index (χ2n) is 4.25. The molecule has 0 unspecified atom stereocenters. The maximum Gasteiger partial charge on any atom is 0.233 e. The van der Waals surface area contributed by atoms with E-state index in [4.69, 9.17) is 4.74 Å². The molecule has 0 amide bonds. The number of nitrogens with one attached hydrogen (secondary N) is 1. The van der Waals surface area contributed by atoms with Crippen LogP contribution in [0.25, 0.3) is 0 Å². The van der Waals surface area contributed by atoms with E-state index in [9.17, 15) is 8.42 Å². The van der Waals surface area contributed by atoms with E-state index in [2.05, 4.69) is 9.71 Å². The van der Waals surface area contributed by atoms with Crippen molar-refractivity contribution in [1.29, 1.82) is 0 Å².